The number of rotatable bonds is 6. The van der Waals surface area contributed by atoms with Gasteiger partial charge in [0.05, 0.1) is 23.7 Å². The minimum atomic E-state index is -0.0557. The molecule has 0 aliphatic carbocycles. The fourth-order valence-electron chi connectivity index (χ4n) is 2.28. The second-order valence-corrected chi connectivity index (χ2v) is 4.85. The van der Waals surface area contributed by atoms with Gasteiger partial charge in [0.1, 0.15) is 11.6 Å². The van der Waals surface area contributed by atoms with Crippen LogP contribution < -0.4 is 10.5 Å². The number of imidazole rings is 1. The molecule has 1 aromatic carbocycles. The van der Waals surface area contributed by atoms with Crippen molar-refractivity contribution < 1.29 is 4.74 Å². The van der Waals surface area contributed by atoms with E-state index in [1.807, 2.05) is 26.0 Å². The first-order valence-corrected chi connectivity index (χ1v) is 7.06. The Hall–Kier alpha value is -1.55. The molecule has 1 atom stereocenters. The first kappa shape index (κ1) is 13.9. The summed E-state index contributed by atoms with van der Waals surface area (Å²) in [5, 5.41) is 0. The van der Waals surface area contributed by atoms with Gasteiger partial charge in [0.2, 0.25) is 0 Å². The summed E-state index contributed by atoms with van der Waals surface area (Å²) in [5.74, 6) is 1.82. The Morgan fingerprint density at radius 1 is 1.37 bits per heavy atom. The van der Waals surface area contributed by atoms with E-state index < -0.39 is 0 Å². The van der Waals surface area contributed by atoms with Crippen LogP contribution in [0, 0.1) is 0 Å². The van der Waals surface area contributed by atoms with Gasteiger partial charge in [-0.15, -0.1) is 0 Å². The van der Waals surface area contributed by atoms with E-state index in [4.69, 9.17) is 10.5 Å². The van der Waals surface area contributed by atoms with Gasteiger partial charge in [-0.2, -0.15) is 0 Å². The zero-order chi connectivity index (χ0) is 13.8. The van der Waals surface area contributed by atoms with Gasteiger partial charge in [0.15, 0.2) is 0 Å². The summed E-state index contributed by atoms with van der Waals surface area (Å²) in [6, 6.07) is 6.02. The number of nitrogens with two attached hydrogens (primary N) is 1. The second-order valence-electron chi connectivity index (χ2n) is 4.85. The Kier molecular flexibility index (Phi) is 4.43. The summed E-state index contributed by atoms with van der Waals surface area (Å²) in [4.78, 5) is 4.67. The van der Waals surface area contributed by atoms with E-state index in [-0.39, 0.29) is 6.04 Å². The molecule has 0 fully saturated rings. The predicted octanol–water partition coefficient (Wildman–Crippen LogP) is 3.25. The molecule has 0 bridgehead atoms. The van der Waals surface area contributed by atoms with Crippen molar-refractivity contribution in [1.29, 1.82) is 0 Å². The lowest BCUT2D eigenvalue weighted by Gasteiger charge is -2.10. The summed E-state index contributed by atoms with van der Waals surface area (Å²) in [5.41, 5.74) is 8.14. The van der Waals surface area contributed by atoms with Gasteiger partial charge >= 0.3 is 0 Å². The smallest absolute Gasteiger partial charge is 0.126 e. The Labute approximate surface area is 114 Å². The quantitative estimate of drug-likeness (QED) is 0.868. The number of aromatic nitrogens is 2. The van der Waals surface area contributed by atoms with Crippen LogP contribution in [0.3, 0.4) is 0 Å². The van der Waals surface area contributed by atoms with Crippen molar-refractivity contribution in [2.24, 2.45) is 5.73 Å². The molecule has 2 aromatic rings. The number of nitrogens with zero attached hydrogens (tertiary/aromatic N) is 2. The summed E-state index contributed by atoms with van der Waals surface area (Å²) >= 11 is 0. The third-order valence-electron chi connectivity index (χ3n) is 3.20. The number of hydrogen-bond acceptors (Lipinski definition) is 3. The maximum absolute atomic E-state index is 6.03. The van der Waals surface area contributed by atoms with E-state index in [1.54, 1.807) is 0 Å². The van der Waals surface area contributed by atoms with Crippen molar-refractivity contribution in [2.75, 3.05) is 6.61 Å². The molecule has 1 heterocycles. The van der Waals surface area contributed by atoms with E-state index in [1.165, 1.54) is 0 Å². The Balaban J connectivity index is 2.46. The highest BCUT2D eigenvalue weighted by atomic mass is 16.5. The molecule has 0 saturated heterocycles. The number of hydrogen-bond donors (Lipinski definition) is 1. The average Bonchev–Trinajstić information content (AvgIpc) is 2.75. The third kappa shape index (κ3) is 2.89. The molecule has 0 spiro atoms. The minimum Gasteiger partial charge on any atom is -0.494 e. The van der Waals surface area contributed by atoms with Crippen molar-refractivity contribution in [3.8, 4) is 5.75 Å². The maximum Gasteiger partial charge on any atom is 0.126 e. The van der Waals surface area contributed by atoms with E-state index >= 15 is 0 Å². The zero-order valence-corrected chi connectivity index (χ0v) is 12.0. The van der Waals surface area contributed by atoms with Crippen molar-refractivity contribution in [2.45, 2.75) is 46.2 Å². The van der Waals surface area contributed by atoms with Crippen LogP contribution in [0.1, 0.15) is 45.5 Å². The molecular weight excluding hydrogens is 238 g/mol. The van der Waals surface area contributed by atoms with Gasteiger partial charge in [-0.25, -0.2) is 4.98 Å². The Morgan fingerprint density at radius 2 is 2.16 bits per heavy atom. The van der Waals surface area contributed by atoms with Crippen LogP contribution in [0.4, 0.5) is 0 Å². The third-order valence-corrected chi connectivity index (χ3v) is 3.20. The van der Waals surface area contributed by atoms with Gasteiger partial charge in [0, 0.05) is 12.6 Å². The molecule has 104 valence electrons. The van der Waals surface area contributed by atoms with Gasteiger partial charge in [-0.1, -0.05) is 13.3 Å². The lowest BCUT2D eigenvalue weighted by Crippen LogP contribution is -2.13. The molecule has 2 rings (SSSR count). The zero-order valence-electron chi connectivity index (χ0n) is 12.0. The number of unbranched alkanes of at least 4 members (excludes halogenated alkanes) is 1. The molecule has 4 heteroatoms. The molecule has 0 radical (unpaired) electrons. The molecule has 19 heavy (non-hydrogen) atoms. The number of fused-ring (bicyclic) bond motifs is 1. The number of aryl methyl sites for hydroxylation is 1. The van der Waals surface area contributed by atoms with Crippen LogP contribution >= 0.6 is 0 Å². The first-order valence-electron chi connectivity index (χ1n) is 7.06. The van der Waals surface area contributed by atoms with Crippen molar-refractivity contribution in [3.05, 3.63) is 24.0 Å². The van der Waals surface area contributed by atoms with E-state index in [2.05, 4.69) is 22.5 Å². The van der Waals surface area contributed by atoms with Crippen molar-refractivity contribution >= 4 is 11.0 Å². The molecule has 2 N–H and O–H groups in total. The van der Waals surface area contributed by atoms with Crippen LogP contribution in [0.15, 0.2) is 18.2 Å². The molecule has 0 aliphatic rings. The summed E-state index contributed by atoms with van der Waals surface area (Å²) < 4.78 is 7.76. The van der Waals surface area contributed by atoms with Gasteiger partial charge in [-0.3, -0.25) is 0 Å². The highest BCUT2D eigenvalue weighted by Gasteiger charge is 2.14. The molecule has 0 aliphatic heterocycles. The average molecular weight is 261 g/mol. The summed E-state index contributed by atoms with van der Waals surface area (Å²) in [6.45, 7) is 7.79. The highest BCUT2D eigenvalue weighted by Crippen LogP contribution is 2.24. The van der Waals surface area contributed by atoms with E-state index in [9.17, 15) is 0 Å². The maximum atomic E-state index is 6.03. The number of ether oxygens (including phenoxy) is 1. The van der Waals surface area contributed by atoms with Crippen LogP contribution in [0.5, 0.6) is 5.75 Å². The molecule has 4 nitrogen and oxygen atoms in total. The Bertz CT molecular complexity index is 546. The minimum absolute atomic E-state index is 0.0557. The Morgan fingerprint density at radius 3 is 2.79 bits per heavy atom. The molecule has 1 unspecified atom stereocenters. The van der Waals surface area contributed by atoms with Gasteiger partial charge < -0.3 is 15.0 Å². The fourth-order valence-corrected chi connectivity index (χ4v) is 2.28. The number of benzene rings is 1. The molecule has 0 amide bonds. The van der Waals surface area contributed by atoms with Crippen LogP contribution in [-0.2, 0) is 6.54 Å². The molecule has 1 aromatic heterocycles. The highest BCUT2D eigenvalue weighted by molar-refractivity contribution is 5.78. The van der Waals surface area contributed by atoms with Crippen LogP contribution in [-0.4, -0.2) is 16.2 Å². The standard InChI is InChI=1S/C15H23N3O/c1-4-6-9-18-14-8-7-12(19-5-2)10-13(14)17-15(18)11(3)16/h7-8,10-11H,4-6,9,16H2,1-3H3. The summed E-state index contributed by atoms with van der Waals surface area (Å²) in [7, 11) is 0. The first-order chi connectivity index (χ1) is 9.17. The van der Waals surface area contributed by atoms with Crippen molar-refractivity contribution in [3.63, 3.8) is 0 Å². The predicted molar refractivity (Wildman–Crippen MR) is 78.4 cm³/mol. The lowest BCUT2D eigenvalue weighted by atomic mass is 10.2. The van der Waals surface area contributed by atoms with Crippen molar-refractivity contribution in [1.82, 2.24) is 9.55 Å². The lowest BCUT2D eigenvalue weighted by molar-refractivity contribution is 0.340. The largest absolute Gasteiger partial charge is 0.494 e. The SMILES string of the molecule is CCCCn1c(C(C)N)nc2cc(OCC)ccc21. The van der Waals surface area contributed by atoms with Crippen LogP contribution in [0.25, 0.3) is 11.0 Å². The second kappa shape index (κ2) is 6.06. The monoisotopic (exact) mass is 261 g/mol. The van der Waals surface area contributed by atoms with Gasteiger partial charge in [-0.05, 0) is 32.4 Å². The summed E-state index contributed by atoms with van der Waals surface area (Å²) in [6.07, 6.45) is 2.30. The van der Waals surface area contributed by atoms with E-state index in [0.29, 0.717) is 6.61 Å². The fraction of sp³-hybridized carbons (Fsp3) is 0.533. The van der Waals surface area contributed by atoms with E-state index in [0.717, 1.165) is 42.0 Å². The molecule has 0 saturated carbocycles. The topological polar surface area (TPSA) is 53.1 Å². The molecular formula is C15H23N3O. The van der Waals surface area contributed by atoms with Gasteiger partial charge in [0.25, 0.3) is 0 Å². The van der Waals surface area contributed by atoms with Crippen LogP contribution in [0.2, 0.25) is 0 Å². The normalized spacial score (nSPS) is 12.8.